The van der Waals surface area contributed by atoms with Crippen molar-refractivity contribution in [1.82, 2.24) is 4.31 Å². The van der Waals surface area contributed by atoms with Gasteiger partial charge in [0.25, 0.3) is 0 Å². The lowest BCUT2D eigenvalue weighted by atomic mass is 10.1. The molecule has 5 heteroatoms. The van der Waals surface area contributed by atoms with E-state index in [-0.39, 0.29) is 5.75 Å². The zero-order valence-corrected chi connectivity index (χ0v) is 12.5. The molecule has 1 aliphatic heterocycles. The predicted molar refractivity (Wildman–Crippen MR) is 84.0 cm³/mol. The van der Waals surface area contributed by atoms with Crippen molar-refractivity contribution in [1.29, 1.82) is 0 Å². The van der Waals surface area contributed by atoms with Crippen LogP contribution in [0, 0.1) is 0 Å². The minimum atomic E-state index is -3.25. The Balaban J connectivity index is 1.70. The van der Waals surface area contributed by atoms with E-state index in [4.69, 9.17) is 5.73 Å². The Kier molecular flexibility index (Phi) is 3.69. The number of nitrogen functional groups attached to an aromatic ring is 1. The van der Waals surface area contributed by atoms with Crippen molar-refractivity contribution in [2.75, 3.05) is 11.5 Å². The number of hydrogen-bond donors (Lipinski definition) is 1. The van der Waals surface area contributed by atoms with E-state index in [1.165, 1.54) is 0 Å². The van der Waals surface area contributed by atoms with Crippen molar-refractivity contribution in [3.05, 3.63) is 65.2 Å². The van der Waals surface area contributed by atoms with Gasteiger partial charge in [0.2, 0.25) is 10.0 Å². The predicted octanol–water partition coefficient (Wildman–Crippen LogP) is 2.16. The standard InChI is InChI=1S/C16H18N2O2S/c17-16-7-6-14-11-18(12-15(14)10-16)21(19,20)9-8-13-4-2-1-3-5-13/h1-7,10H,8-9,11-12,17H2. The van der Waals surface area contributed by atoms with Crippen molar-refractivity contribution in [2.45, 2.75) is 19.5 Å². The van der Waals surface area contributed by atoms with Gasteiger partial charge in [-0.2, -0.15) is 4.31 Å². The van der Waals surface area contributed by atoms with Crippen LogP contribution in [0.2, 0.25) is 0 Å². The van der Waals surface area contributed by atoms with Crippen LogP contribution in [0.5, 0.6) is 0 Å². The number of rotatable bonds is 4. The molecule has 2 N–H and O–H groups in total. The molecule has 1 aliphatic rings. The molecule has 0 aromatic heterocycles. The van der Waals surface area contributed by atoms with E-state index < -0.39 is 10.0 Å². The quantitative estimate of drug-likeness (QED) is 0.880. The van der Waals surface area contributed by atoms with E-state index in [1.54, 1.807) is 4.31 Å². The smallest absolute Gasteiger partial charge is 0.215 e. The molecule has 0 radical (unpaired) electrons. The third-order valence-corrected chi connectivity index (χ3v) is 5.57. The minimum absolute atomic E-state index is 0.139. The average molecular weight is 302 g/mol. The number of hydrogen-bond acceptors (Lipinski definition) is 3. The SMILES string of the molecule is Nc1ccc2c(c1)CN(S(=O)(=O)CCc1ccccc1)C2. The fourth-order valence-electron chi connectivity index (χ4n) is 2.60. The molecule has 0 atom stereocenters. The van der Waals surface area contributed by atoms with Crippen LogP contribution < -0.4 is 5.73 Å². The highest BCUT2D eigenvalue weighted by molar-refractivity contribution is 7.89. The molecule has 3 rings (SSSR count). The van der Waals surface area contributed by atoms with E-state index in [0.29, 0.717) is 25.2 Å². The number of sulfonamides is 1. The summed E-state index contributed by atoms with van der Waals surface area (Å²) >= 11 is 0. The number of nitrogens with two attached hydrogens (primary N) is 1. The van der Waals surface area contributed by atoms with Crippen LogP contribution in [0.4, 0.5) is 5.69 Å². The minimum Gasteiger partial charge on any atom is -0.399 e. The summed E-state index contributed by atoms with van der Waals surface area (Å²) in [5, 5.41) is 0. The second kappa shape index (κ2) is 5.50. The summed E-state index contributed by atoms with van der Waals surface area (Å²) < 4.78 is 26.5. The maximum absolute atomic E-state index is 12.5. The normalized spacial score (nSPS) is 15.0. The van der Waals surface area contributed by atoms with Crippen LogP contribution in [0.3, 0.4) is 0 Å². The van der Waals surface area contributed by atoms with E-state index >= 15 is 0 Å². The maximum Gasteiger partial charge on any atom is 0.215 e. The van der Waals surface area contributed by atoms with Crippen LogP contribution in [-0.2, 0) is 29.5 Å². The van der Waals surface area contributed by atoms with Gasteiger partial charge in [-0.25, -0.2) is 8.42 Å². The highest BCUT2D eigenvalue weighted by atomic mass is 32.2. The largest absolute Gasteiger partial charge is 0.399 e. The van der Waals surface area contributed by atoms with Crippen LogP contribution >= 0.6 is 0 Å². The molecule has 2 aromatic rings. The molecule has 0 saturated heterocycles. The van der Waals surface area contributed by atoms with Crippen LogP contribution in [-0.4, -0.2) is 18.5 Å². The van der Waals surface area contributed by atoms with Crippen LogP contribution in [0.15, 0.2) is 48.5 Å². The van der Waals surface area contributed by atoms with E-state index in [2.05, 4.69) is 0 Å². The van der Waals surface area contributed by atoms with Gasteiger partial charge < -0.3 is 5.73 Å². The van der Waals surface area contributed by atoms with Crippen molar-refractivity contribution in [3.8, 4) is 0 Å². The van der Waals surface area contributed by atoms with Gasteiger partial charge >= 0.3 is 0 Å². The van der Waals surface area contributed by atoms with Gasteiger partial charge in [-0.1, -0.05) is 36.4 Å². The Morgan fingerprint density at radius 2 is 1.71 bits per heavy atom. The first kappa shape index (κ1) is 14.1. The monoisotopic (exact) mass is 302 g/mol. The molecule has 1 heterocycles. The second-order valence-corrected chi connectivity index (χ2v) is 7.44. The zero-order valence-electron chi connectivity index (χ0n) is 11.7. The third-order valence-electron chi connectivity index (χ3n) is 3.81. The average Bonchev–Trinajstić information content (AvgIpc) is 2.90. The summed E-state index contributed by atoms with van der Waals surface area (Å²) in [4.78, 5) is 0. The molecule has 0 aliphatic carbocycles. The number of aryl methyl sites for hydroxylation is 1. The fourth-order valence-corrected chi connectivity index (χ4v) is 4.02. The Morgan fingerprint density at radius 3 is 2.48 bits per heavy atom. The molecule has 0 bridgehead atoms. The number of nitrogens with zero attached hydrogens (tertiary/aromatic N) is 1. The van der Waals surface area contributed by atoms with Gasteiger partial charge in [-0.15, -0.1) is 0 Å². The van der Waals surface area contributed by atoms with Crippen molar-refractivity contribution in [3.63, 3.8) is 0 Å². The summed E-state index contributed by atoms with van der Waals surface area (Å²) in [6.07, 6.45) is 0.540. The highest BCUT2D eigenvalue weighted by Gasteiger charge is 2.28. The topological polar surface area (TPSA) is 63.4 Å². The van der Waals surface area contributed by atoms with Gasteiger partial charge in [0.05, 0.1) is 5.75 Å². The summed E-state index contributed by atoms with van der Waals surface area (Å²) in [5.74, 6) is 0.139. The lowest BCUT2D eigenvalue weighted by Crippen LogP contribution is -2.28. The number of anilines is 1. The van der Waals surface area contributed by atoms with Gasteiger partial charge in [0.1, 0.15) is 0 Å². The molecular formula is C16H18N2O2S. The molecule has 4 nitrogen and oxygen atoms in total. The molecule has 0 fully saturated rings. The van der Waals surface area contributed by atoms with Gasteiger partial charge in [0.15, 0.2) is 0 Å². The second-order valence-electron chi connectivity index (χ2n) is 5.35. The summed E-state index contributed by atoms with van der Waals surface area (Å²) in [5.41, 5.74) is 9.53. The maximum atomic E-state index is 12.5. The van der Waals surface area contributed by atoms with Crippen molar-refractivity contribution >= 4 is 15.7 Å². The van der Waals surface area contributed by atoms with Crippen LogP contribution in [0.25, 0.3) is 0 Å². The first-order valence-electron chi connectivity index (χ1n) is 6.94. The third kappa shape index (κ3) is 3.09. The summed E-state index contributed by atoms with van der Waals surface area (Å²) in [6, 6.07) is 15.3. The van der Waals surface area contributed by atoms with Crippen LogP contribution in [0.1, 0.15) is 16.7 Å². The highest BCUT2D eigenvalue weighted by Crippen LogP contribution is 2.27. The summed E-state index contributed by atoms with van der Waals surface area (Å²) in [6.45, 7) is 0.879. The van der Waals surface area contributed by atoms with Gasteiger partial charge in [-0.05, 0) is 35.2 Å². The zero-order chi connectivity index (χ0) is 14.9. The van der Waals surface area contributed by atoms with E-state index in [1.807, 2.05) is 48.5 Å². The number of fused-ring (bicyclic) bond motifs is 1. The molecular weight excluding hydrogens is 284 g/mol. The lowest BCUT2D eigenvalue weighted by molar-refractivity contribution is 0.431. The Hall–Kier alpha value is -1.85. The first-order chi connectivity index (χ1) is 10.0. The van der Waals surface area contributed by atoms with Gasteiger partial charge in [-0.3, -0.25) is 0 Å². The lowest BCUT2D eigenvalue weighted by Gasteiger charge is -2.15. The molecule has 110 valence electrons. The Labute approximate surface area is 125 Å². The Bertz CT molecular complexity index is 742. The molecule has 2 aromatic carbocycles. The van der Waals surface area contributed by atoms with Crippen molar-refractivity contribution in [2.24, 2.45) is 0 Å². The number of benzene rings is 2. The van der Waals surface area contributed by atoms with E-state index in [9.17, 15) is 8.42 Å². The molecule has 0 amide bonds. The molecule has 0 spiro atoms. The molecule has 21 heavy (non-hydrogen) atoms. The van der Waals surface area contributed by atoms with E-state index in [0.717, 1.165) is 16.7 Å². The molecule has 0 saturated carbocycles. The Morgan fingerprint density at radius 1 is 1.00 bits per heavy atom. The molecule has 0 unspecified atom stereocenters. The van der Waals surface area contributed by atoms with Gasteiger partial charge in [0, 0.05) is 18.8 Å². The summed E-state index contributed by atoms with van der Waals surface area (Å²) in [7, 11) is -3.25. The fraction of sp³-hybridized carbons (Fsp3) is 0.250. The first-order valence-corrected chi connectivity index (χ1v) is 8.54. The van der Waals surface area contributed by atoms with Crippen molar-refractivity contribution < 1.29 is 8.42 Å².